The predicted molar refractivity (Wildman–Crippen MR) is 29.8 cm³/mol. The second-order valence-corrected chi connectivity index (χ2v) is 9.60. The van der Waals surface area contributed by atoms with E-state index in [1.165, 1.54) is 6.66 Å². The summed E-state index contributed by atoms with van der Waals surface area (Å²) in [5, 5.41) is 0. The van der Waals surface area contributed by atoms with Crippen LogP contribution in [0.4, 0.5) is 0 Å². The van der Waals surface area contributed by atoms with Crippen molar-refractivity contribution >= 4 is 32.3 Å². The standard InChI is InChI=1S/CH4BrClOP/c1-5(2,3)4/h4H,1H3/q+1. The van der Waals surface area contributed by atoms with Gasteiger partial charge in [0.2, 0.25) is 0 Å². The molecular weight excluding hydrogens is 174 g/mol. The number of hydrogen-bond donors (Lipinski definition) is 1. The van der Waals surface area contributed by atoms with E-state index in [4.69, 9.17) is 16.1 Å². The molecule has 1 N–H and O–H groups in total. The van der Waals surface area contributed by atoms with Gasteiger partial charge in [0.15, 0.2) is 15.5 Å². The zero-order valence-electron chi connectivity index (χ0n) is 2.65. The topological polar surface area (TPSA) is 20.2 Å². The Labute approximate surface area is 44.3 Å². The monoisotopic (exact) mass is 177 g/mol. The number of rotatable bonds is 0. The van der Waals surface area contributed by atoms with Crippen molar-refractivity contribution in [2.45, 2.75) is 0 Å². The lowest BCUT2D eigenvalue weighted by atomic mass is 12.0. The molecule has 32 valence electrons. The highest BCUT2D eigenvalue weighted by Gasteiger charge is 2.19. The molecule has 0 aromatic carbocycles. The van der Waals surface area contributed by atoms with Crippen molar-refractivity contribution in [2.24, 2.45) is 0 Å². The Morgan fingerprint density at radius 3 is 2.00 bits per heavy atom. The maximum atomic E-state index is 8.31. The highest BCUT2D eigenvalue weighted by molar-refractivity contribution is 9.44. The van der Waals surface area contributed by atoms with Crippen LogP contribution in [0.2, 0.25) is 0 Å². The second kappa shape index (κ2) is 1.74. The van der Waals surface area contributed by atoms with E-state index in [9.17, 15) is 0 Å². The van der Waals surface area contributed by atoms with Crippen molar-refractivity contribution in [3.63, 3.8) is 0 Å². The summed E-state index contributed by atoms with van der Waals surface area (Å²) in [6.07, 6.45) is 0. The van der Waals surface area contributed by atoms with Crippen molar-refractivity contribution in [1.82, 2.24) is 0 Å². The van der Waals surface area contributed by atoms with Gasteiger partial charge in [-0.05, 0) is 0 Å². The van der Waals surface area contributed by atoms with Gasteiger partial charge in [0.05, 0.1) is 0 Å². The third-order valence-electron chi connectivity index (χ3n) is 0. The quantitative estimate of drug-likeness (QED) is 0.563. The van der Waals surface area contributed by atoms with Gasteiger partial charge in [-0.1, -0.05) is 0 Å². The molecule has 0 heterocycles. The maximum Gasteiger partial charge on any atom is 0.303 e. The van der Waals surface area contributed by atoms with E-state index in [1.807, 2.05) is 0 Å². The van der Waals surface area contributed by atoms with Gasteiger partial charge in [-0.25, -0.2) is 4.89 Å². The van der Waals surface area contributed by atoms with Gasteiger partial charge in [0.25, 0.3) is 0 Å². The average Bonchev–Trinajstić information content (AvgIpc) is 0.722. The van der Waals surface area contributed by atoms with Crippen molar-refractivity contribution in [1.29, 1.82) is 0 Å². The van der Waals surface area contributed by atoms with Crippen molar-refractivity contribution < 1.29 is 4.89 Å². The Hall–Kier alpha value is 1.16. The molecule has 0 aliphatic carbocycles. The van der Waals surface area contributed by atoms with Gasteiger partial charge in [-0.2, -0.15) is 0 Å². The molecule has 0 rings (SSSR count). The zero-order valence-corrected chi connectivity index (χ0v) is 5.89. The molecular formula is CH4BrClOP+. The summed E-state index contributed by atoms with van der Waals surface area (Å²) in [7, 11) is 0. The molecule has 1 nitrogen and oxygen atoms in total. The normalized spacial score (nSPS) is 21.6. The molecule has 0 saturated heterocycles. The smallest absolute Gasteiger partial charge is 0.222 e. The summed E-state index contributed by atoms with van der Waals surface area (Å²) in [5.74, 6) is 0. The molecule has 0 bridgehead atoms. The first-order chi connectivity index (χ1) is 2.00. The Morgan fingerprint density at radius 1 is 2.00 bits per heavy atom. The van der Waals surface area contributed by atoms with Crippen LogP contribution in [0.15, 0.2) is 0 Å². The van der Waals surface area contributed by atoms with Gasteiger partial charge >= 0.3 is 5.54 Å². The minimum atomic E-state index is -2.10. The Morgan fingerprint density at radius 2 is 2.00 bits per heavy atom. The lowest BCUT2D eigenvalue weighted by Crippen LogP contribution is -1.54. The van der Waals surface area contributed by atoms with E-state index in [0.717, 1.165) is 0 Å². The summed E-state index contributed by atoms with van der Waals surface area (Å²) in [6, 6.07) is 0. The van der Waals surface area contributed by atoms with Crippen LogP contribution in [0, 0.1) is 0 Å². The van der Waals surface area contributed by atoms with Gasteiger partial charge in [-0.15, -0.1) is 0 Å². The van der Waals surface area contributed by atoms with Gasteiger partial charge in [0, 0.05) is 0 Å². The Balaban J connectivity index is 3.02. The fraction of sp³-hybridized carbons (Fsp3) is 1.00. The molecule has 1 atom stereocenters. The first-order valence-electron chi connectivity index (χ1n) is 0.985. The van der Waals surface area contributed by atoms with E-state index in [2.05, 4.69) is 15.5 Å². The van der Waals surface area contributed by atoms with Crippen LogP contribution in [0.5, 0.6) is 0 Å². The molecule has 5 heavy (non-hydrogen) atoms. The number of halogens is 2. The van der Waals surface area contributed by atoms with E-state index in [0.29, 0.717) is 0 Å². The van der Waals surface area contributed by atoms with Crippen LogP contribution >= 0.6 is 32.3 Å². The minimum Gasteiger partial charge on any atom is -0.222 e. The van der Waals surface area contributed by atoms with Gasteiger partial charge in [-0.3, -0.25) is 0 Å². The Kier molecular flexibility index (Phi) is 2.15. The first kappa shape index (κ1) is 6.16. The van der Waals surface area contributed by atoms with E-state index in [-0.39, 0.29) is 0 Å². The fourth-order valence-corrected chi connectivity index (χ4v) is 0. The fourth-order valence-electron chi connectivity index (χ4n) is 0. The molecule has 1 unspecified atom stereocenters. The lowest BCUT2D eigenvalue weighted by molar-refractivity contribution is 0.642. The van der Waals surface area contributed by atoms with E-state index >= 15 is 0 Å². The molecule has 0 spiro atoms. The second-order valence-electron chi connectivity index (χ2n) is 0.753. The molecule has 0 aliphatic rings. The molecule has 0 radical (unpaired) electrons. The van der Waals surface area contributed by atoms with Crippen LogP contribution in [-0.4, -0.2) is 11.6 Å². The average molecular weight is 178 g/mol. The van der Waals surface area contributed by atoms with Gasteiger partial charge in [0.1, 0.15) is 17.9 Å². The molecule has 4 heteroatoms. The molecule has 0 aromatic rings. The van der Waals surface area contributed by atoms with Crippen LogP contribution in [-0.2, 0) is 0 Å². The zero-order chi connectivity index (χ0) is 4.50. The lowest BCUT2D eigenvalue weighted by Gasteiger charge is -1.83. The van der Waals surface area contributed by atoms with Crippen LogP contribution in [0.3, 0.4) is 0 Å². The van der Waals surface area contributed by atoms with Crippen LogP contribution in [0.25, 0.3) is 0 Å². The predicted octanol–water partition coefficient (Wildman–Crippen LogP) is 2.00. The summed E-state index contributed by atoms with van der Waals surface area (Å²) in [5.41, 5.74) is -2.10. The summed E-state index contributed by atoms with van der Waals surface area (Å²) >= 11 is 7.92. The van der Waals surface area contributed by atoms with E-state index < -0.39 is 5.54 Å². The molecule has 0 aromatic heterocycles. The Bertz CT molecular complexity index is 27.1. The molecule has 0 fully saturated rings. The molecule has 0 aliphatic heterocycles. The van der Waals surface area contributed by atoms with Crippen LogP contribution in [0.1, 0.15) is 0 Å². The van der Waals surface area contributed by atoms with Crippen molar-refractivity contribution in [2.75, 3.05) is 6.66 Å². The summed E-state index contributed by atoms with van der Waals surface area (Å²) < 4.78 is 0. The largest absolute Gasteiger partial charge is 0.303 e. The first-order valence-corrected chi connectivity index (χ1v) is 6.10. The maximum absolute atomic E-state index is 8.31. The third kappa shape index (κ3) is 38.3. The van der Waals surface area contributed by atoms with Gasteiger partial charge < -0.3 is 0 Å². The highest BCUT2D eigenvalue weighted by atomic mass is 79.9. The molecule has 0 amide bonds. The van der Waals surface area contributed by atoms with Crippen LogP contribution < -0.4 is 0 Å². The number of hydrogen-bond acceptors (Lipinski definition) is 1. The van der Waals surface area contributed by atoms with Crippen molar-refractivity contribution in [3.8, 4) is 0 Å². The summed E-state index contributed by atoms with van der Waals surface area (Å²) in [4.78, 5) is 8.31. The van der Waals surface area contributed by atoms with Crippen molar-refractivity contribution in [3.05, 3.63) is 0 Å². The highest BCUT2D eigenvalue weighted by Crippen LogP contribution is 2.63. The van der Waals surface area contributed by atoms with E-state index in [1.54, 1.807) is 0 Å². The minimum absolute atomic E-state index is 1.54. The summed E-state index contributed by atoms with van der Waals surface area (Å²) in [6.45, 7) is 1.54. The SMILES string of the molecule is C[P+](O)(Cl)Br. The third-order valence-corrected chi connectivity index (χ3v) is 0. The molecule has 0 saturated carbocycles.